The Morgan fingerprint density at radius 2 is 1.86 bits per heavy atom. The van der Waals surface area contributed by atoms with Crippen LogP contribution in [0.4, 0.5) is 13.2 Å². The standard InChI is InChI=1S/C26H24F3N3O3/c1-25(34)22(30)12-21(35-26(25)8-9-26)15-7-10-31-13-14(15)11-20(33)19-6-5-18(29)24(32-19)23-16(27)3-2-4-17(23)28/h2-7,10,13,21-22,34H,8-9,11-12,30H2,1H3/t21-,22-,25+/m0/s1. The number of halogens is 3. The Morgan fingerprint density at radius 3 is 2.54 bits per heavy atom. The quantitative estimate of drug-likeness (QED) is 0.531. The number of carbonyl (C=O) groups excluding carboxylic acids is 1. The molecular weight excluding hydrogens is 459 g/mol. The first-order valence-electron chi connectivity index (χ1n) is 11.4. The molecule has 2 aliphatic rings. The first-order chi connectivity index (χ1) is 16.6. The molecule has 3 atom stereocenters. The van der Waals surface area contributed by atoms with Gasteiger partial charge in [0.1, 0.15) is 34.4 Å². The minimum Gasteiger partial charge on any atom is -0.386 e. The van der Waals surface area contributed by atoms with Gasteiger partial charge in [-0.3, -0.25) is 9.78 Å². The number of hydrogen-bond donors (Lipinski definition) is 2. The largest absolute Gasteiger partial charge is 0.386 e. The molecule has 0 bridgehead atoms. The fourth-order valence-electron chi connectivity index (χ4n) is 4.83. The van der Waals surface area contributed by atoms with E-state index in [1.54, 1.807) is 19.2 Å². The van der Waals surface area contributed by atoms with E-state index < -0.39 is 57.8 Å². The maximum atomic E-state index is 14.4. The van der Waals surface area contributed by atoms with E-state index in [-0.39, 0.29) is 12.1 Å². The lowest BCUT2D eigenvalue weighted by Crippen LogP contribution is -2.60. The molecule has 2 aromatic heterocycles. The van der Waals surface area contributed by atoms with Crippen LogP contribution in [0.15, 0.2) is 48.8 Å². The fourth-order valence-corrected chi connectivity index (χ4v) is 4.83. The zero-order valence-electron chi connectivity index (χ0n) is 19.0. The van der Waals surface area contributed by atoms with Crippen molar-refractivity contribution in [3.8, 4) is 11.3 Å². The second-order valence-electron chi connectivity index (χ2n) is 9.39. The molecular formula is C26H24F3N3O3. The summed E-state index contributed by atoms with van der Waals surface area (Å²) in [4.78, 5) is 21.2. The normalized spacial score (nSPS) is 25.0. The second kappa shape index (κ2) is 8.51. The summed E-state index contributed by atoms with van der Waals surface area (Å²) >= 11 is 0. The molecule has 35 heavy (non-hydrogen) atoms. The number of carbonyl (C=O) groups is 1. The molecule has 3 N–H and O–H groups in total. The molecule has 1 aromatic carbocycles. The predicted molar refractivity (Wildman–Crippen MR) is 121 cm³/mol. The molecule has 0 unspecified atom stereocenters. The SMILES string of the molecule is C[C@@]1(O)[C@@H](N)C[C@@H](c2ccncc2CC(=O)c2ccc(F)c(-c3c(F)cccc3F)n2)OC12CC2. The molecule has 5 rings (SSSR count). The first-order valence-corrected chi connectivity index (χ1v) is 11.4. The van der Waals surface area contributed by atoms with Crippen molar-refractivity contribution in [2.75, 3.05) is 0 Å². The molecule has 0 amide bonds. The van der Waals surface area contributed by atoms with Crippen molar-refractivity contribution < 1.29 is 27.8 Å². The van der Waals surface area contributed by atoms with Gasteiger partial charge in [0.2, 0.25) is 0 Å². The van der Waals surface area contributed by atoms with E-state index in [2.05, 4.69) is 9.97 Å². The Hall–Kier alpha value is -3.14. The number of ether oxygens (including phenoxy) is 1. The van der Waals surface area contributed by atoms with Crippen LogP contribution in [0.5, 0.6) is 0 Å². The molecule has 2 fully saturated rings. The predicted octanol–water partition coefficient (Wildman–Crippen LogP) is 4.06. The van der Waals surface area contributed by atoms with E-state index in [9.17, 15) is 23.1 Å². The van der Waals surface area contributed by atoms with E-state index in [0.717, 1.165) is 24.3 Å². The molecule has 182 valence electrons. The minimum absolute atomic E-state index is 0.137. The molecule has 0 radical (unpaired) electrons. The molecule has 1 aliphatic carbocycles. The van der Waals surface area contributed by atoms with Crippen LogP contribution < -0.4 is 5.73 Å². The van der Waals surface area contributed by atoms with Crippen molar-refractivity contribution in [2.45, 2.75) is 56.0 Å². The average molecular weight is 483 g/mol. The number of aliphatic hydroxyl groups is 1. The van der Waals surface area contributed by atoms with E-state index >= 15 is 0 Å². The maximum absolute atomic E-state index is 14.4. The van der Waals surface area contributed by atoms with Gasteiger partial charge >= 0.3 is 0 Å². The second-order valence-corrected chi connectivity index (χ2v) is 9.39. The zero-order valence-corrected chi connectivity index (χ0v) is 19.0. The molecule has 6 nitrogen and oxygen atoms in total. The Morgan fingerprint density at radius 1 is 1.14 bits per heavy atom. The highest BCUT2D eigenvalue weighted by Crippen LogP contribution is 2.56. The van der Waals surface area contributed by atoms with Gasteiger partial charge in [-0.2, -0.15) is 0 Å². The summed E-state index contributed by atoms with van der Waals surface area (Å²) in [5.41, 5.74) is 4.37. The van der Waals surface area contributed by atoms with Crippen LogP contribution in [0.2, 0.25) is 0 Å². The third-order valence-corrected chi connectivity index (χ3v) is 7.15. The summed E-state index contributed by atoms with van der Waals surface area (Å²) < 4.78 is 49.2. The number of nitrogens with zero attached hydrogens (tertiary/aromatic N) is 2. The monoisotopic (exact) mass is 483 g/mol. The van der Waals surface area contributed by atoms with Crippen LogP contribution >= 0.6 is 0 Å². The van der Waals surface area contributed by atoms with Gasteiger partial charge in [-0.1, -0.05) is 6.07 Å². The number of Topliss-reactive ketones (excluding diaryl/α,β-unsaturated/α-hetero) is 1. The van der Waals surface area contributed by atoms with E-state index in [1.807, 2.05) is 0 Å². The van der Waals surface area contributed by atoms with Crippen molar-refractivity contribution in [3.63, 3.8) is 0 Å². The van der Waals surface area contributed by atoms with Crippen molar-refractivity contribution >= 4 is 5.78 Å². The Balaban J connectivity index is 1.44. The topological polar surface area (TPSA) is 98.3 Å². The summed E-state index contributed by atoms with van der Waals surface area (Å²) in [5.74, 6) is -3.39. The summed E-state index contributed by atoms with van der Waals surface area (Å²) in [6.45, 7) is 1.69. The number of nitrogens with two attached hydrogens (primary N) is 1. The highest BCUT2D eigenvalue weighted by Gasteiger charge is 2.64. The van der Waals surface area contributed by atoms with Gasteiger partial charge in [-0.05, 0) is 67.6 Å². The van der Waals surface area contributed by atoms with E-state index in [0.29, 0.717) is 30.4 Å². The van der Waals surface area contributed by atoms with Gasteiger partial charge in [0.25, 0.3) is 0 Å². The summed E-state index contributed by atoms with van der Waals surface area (Å²) in [5, 5.41) is 10.8. The van der Waals surface area contributed by atoms with Crippen molar-refractivity contribution in [1.82, 2.24) is 9.97 Å². The molecule has 1 aliphatic heterocycles. The van der Waals surface area contributed by atoms with E-state index in [4.69, 9.17) is 10.5 Å². The fraction of sp³-hybridized carbons (Fsp3) is 0.346. The van der Waals surface area contributed by atoms with Gasteiger partial charge < -0.3 is 15.6 Å². The Bertz CT molecular complexity index is 1290. The molecule has 1 spiro atoms. The van der Waals surface area contributed by atoms with Crippen LogP contribution in [0, 0.1) is 17.5 Å². The summed E-state index contributed by atoms with van der Waals surface area (Å²) in [6.07, 6.45) is 4.28. The van der Waals surface area contributed by atoms with Crippen LogP contribution in [-0.2, 0) is 11.2 Å². The highest BCUT2D eigenvalue weighted by molar-refractivity contribution is 5.96. The lowest BCUT2D eigenvalue weighted by Gasteiger charge is -2.46. The van der Waals surface area contributed by atoms with Crippen LogP contribution in [0.1, 0.15) is 53.9 Å². The number of rotatable bonds is 5. The summed E-state index contributed by atoms with van der Waals surface area (Å²) in [6, 6.07) is 6.53. The van der Waals surface area contributed by atoms with Gasteiger partial charge in [0.05, 0.1) is 17.3 Å². The van der Waals surface area contributed by atoms with Gasteiger partial charge in [-0.25, -0.2) is 18.2 Å². The average Bonchev–Trinajstić information content (AvgIpc) is 3.60. The van der Waals surface area contributed by atoms with E-state index in [1.165, 1.54) is 12.3 Å². The van der Waals surface area contributed by atoms with Gasteiger partial charge in [0, 0.05) is 24.9 Å². The maximum Gasteiger partial charge on any atom is 0.185 e. The molecule has 1 saturated heterocycles. The van der Waals surface area contributed by atoms with Crippen LogP contribution in [-0.4, -0.2) is 38.1 Å². The number of benzene rings is 1. The highest BCUT2D eigenvalue weighted by atomic mass is 19.1. The number of aromatic nitrogens is 2. The third kappa shape index (κ3) is 4.03. The summed E-state index contributed by atoms with van der Waals surface area (Å²) in [7, 11) is 0. The lowest BCUT2D eigenvalue weighted by molar-refractivity contribution is -0.196. The molecule has 1 saturated carbocycles. The van der Waals surface area contributed by atoms with Gasteiger partial charge in [0.15, 0.2) is 5.78 Å². The van der Waals surface area contributed by atoms with Crippen molar-refractivity contribution in [2.24, 2.45) is 5.73 Å². The lowest BCUT2D eigenvalue weighted by atomic mass is 9.80. The number of pyridine rings is 2. The van der Waals surface area contributed by atoms with Crippen LogP contribution in [0.25, 0.3) is 11.3 Å². The number of hydrogen-bond acceptors (Lipinski definition) is 6. The smallest absolute Gasteiger partial charge is 0.185 e. The van der Waals surface area contributed by atoms with Crippen LogP contribution in [0.3, 0.4) is 0 Å². The number of ketones is 1. The third-order valence-electron chi connectivity index (χ3n) is 7.15. The zero-order chi connectivity index (χ0) is 25.0. The minimum atomic E-state index is -1.15. The van der Waals surface area contributed by atoms with Gasteiger partial charge in [-0.15, -0.1) is 0 Å². The molecule has 3 aromatic rings. The van der Waals surface area contributed by atoms with Crippen molar-refractivity contribution in [1.29, 1.82) is 0 Å². The van der Waals surface area contributed by atoms with Crippen molar-refractivity contribution in [3.05, 3.63) is 83.1 Å². The Labute approximate surface area is 200 Å². The first kappa shape index (κ1) is 23.6. The molecule has 3 heterocycles. The Kier molecular flexibility index (Phi) is 5.74. The molecule has 9 heteroatoms.